The summed E-state index contributed by atoms with van der Waals surface area (Å²) in [6, 6.07) is 0. The molecular formula is C7H12. The Labute approximate surface area is 45.9 Å². The van der Waals surface area contributed by atoms with E-state index < -0.39 is 0 Å². The van der Waals surface area contributed by atoms with E-state index in [9.17, 15) is 0 Å². The summed E-state index contributed by atoms with van der Waals surface area (Å²) in [5.41, 5.74) is 0. The average molecular weight is 96.2 g/mol. The number of hydrogen-bond acceptors (Lipinski definition) is 0. The van der Waals surface area contributed by atoms with Gasteiger partial charge in [-0.05, 0) is 5.92 Å². The third kappa shape index (κ3) is 2.28. The van der Waals surface area contributed by atoms with Crippen LogP contribution in [0.4, 0.5) is 0 Å². The Morgan fingerprint density at radius 2 is 1.71 bits per heavy atom. The van der Waals surface area contributed by atoms with Crippen molar-refractivity contribution >= 4 is 0 Å². The third-order valence-corrected chi connectivity index (χ3v) is 1.26. The summed E-state index contributed by atoms with van der Waals surface area (Å²) in [4.78, 5) is 0. The molecule has 0 N–H and O–H groups in total. The van der Waals surface area contributed by atoms with E-state index in [2.05, 4.69) is 26.7 Å². The molecule has 0 aliphatic heterocycles. The minimum absolute atomic E-state index is 0.431. The first-order valence-corrected chi connectivity index (χ1v) is 2.64. The Morgan fingerprint density at radius 1 is 1.29 bits per heavy atom. The standard InChI is InChI=1S/C7H12/c1-5-7(4)6(2)3/h1,6-7H,2-4H3/t7-/m0/s1. The highest BCUT2D eigenvalue weighted by Crippen LogP contribution is 2.05. The quantitative estimate of drug-likeness (QED) is 0.437. The smallest absolute Gasteiger partial charge is 0.0194 e. The Balaban J connectivity index is 3.40. The van der Waals surface area contributed by atoms with Gasteiger partial charge in [0.25, 0.3) is 0 Å². The molecule has 0 saturated heterocycles. The van der Waals surface area contributed by atoms with Crippen LogP contribution in [0.15, 0.2) is 0 Å². The van der Waals surface area contributed by atoms with Crippen molar-refractivity contribution < 1.29 is 0 Å². The molecule has 0 aromatic rings. The van der Waals surface area contributed by atoms with Crippen molar-refractivity contribution in [1.29, 1.82) is 0 Å². The van der Waals surface area contributed by atoms with Gasteiger partial charge in [-0.1, -0.05) is 20.8 Å². The molecule has 0 fully saturated rings. The van der Waals surface area contributed by atoms with Crippen molar-refractivity contribution in [3.8, 4) is 12.3 Å². The van der Waals surface area contributed by atoms with Crippen LogP contribution < -0.4 is 0 Å². The number of hydrogen-bond donors (Lipinski definition) is 0. The maximum Gasteiger partial charge on any atom is 0.0194 e. The summed E-state index contributed by atoms with van der Waals surface area (Å²) in [7, 11) is 0. The molecular weight excluding hydrogens is 84.1 g/mol. The lowest BCUT2D eigenvalue weighted by Gasteiger charge is -2.04. The van der Waals surface area contributed by atoms with Crippen molar-refractivity contribution in [3.63, 3.8) is 0 Å². The minimum Gasteiger partial charge on any atom is -0.120 e. The molecule has 0 amide bonds. The SMILES string of the molecule is C#C[C@H](C)C(C)C. The molecule has 1 atom stereocenters. The minimum atomic E-state index is 0.431. The van der Waals surface area contributed by atoms with Crippen molar-refractivity contribution in [2.24, 2.45) is 11.8 Å². The van der Waals surface area contributed by atoms with Gasteiger partial charge in [-0.2, -0.15) is 0 Å². The fourth-order valence-electron chi connectivity index (χ4n) is 0.192. The van der Waals surface area contributed by atoms with E-state index in [1.54, 1.807) is 0 Å². The van der Waals surface area contributed by atoms with E-state index in [1.807, 2.05) is 0 Å². The monoisotopic (exact) mass is 96.1 g/mol. The van der Waals surface area contributed by atoms with Gasteiger partial charge in [-0.25, -0.2) is 0 Å². The molecule has 7 heavy (non-hydrogen) atoms. The van der Waals surface area contributed by atoms with Crippen LogP contribution in [0.25, 0.3) is 0 Å². The summed E-state index contributed by atoms with van der Waals surface area (Å²) in [5, 5.41) is 0. The predicted molar refractivity (Wildman–Crippen MR) is 32.8 cm³/mol. The fourth-order valence-corrected chi connectivity index (χ4v) is 0.192. The van der Waals surface area contributed by atoms with Gasteiger partial charge in [0.1, 0.15) is 0 Å². The highest BCUT2D eigenvalue weighted by molar-refractivity contribution is 4.91. The molecule has 0 aliphatic carbocycles. The first-order chi connectivity index (χ1) is 3.18. The van der Waals surface area contributed by atoms with Gasteiger partial charge >= 0.3 is 0 Å². The van der Waals surface area contributed by atoms with E-state index in [0.29, 0.717) is 11.8 Å². The summed E-state index contributed by atoms with van der Waals surface area (Å²) >= 11 is 0. The molecule has 0 nitrogen and oxygen atoms in total. The molecule has 0 unspecified atom stereocenters. The van der Waals surface area contributed by atoms with Gasteiger partial charge in [0, 0.05) is 5.92 Å². The second-order valence-corrected chi connectivity index (χ2v) is 2.20. The molecule has 0 aromatic heterocycles. The topological polar surface area (TPSA) is 0 Å². The van der Waals surface area contributed by atoms with E-state index in [4.69, 9.17) is 6.42 Å². The fraction of sp³-hybridized carbons (Fsp3) is 0.714. The maximum absolute atomic E-state index is 5.12. The zero-order chi connectivity index (χ0) is 5.86. The average Bonchev–Trinajstić information content (AvgIpc) is 1.65. The zero-order valence-electron chi connectivity index (χ0n) is 5.23. The molecule has 0 spiro atoms. The van der Waals surface area contributed by atoms with Gasteiger partial charge < -0.3 is 0 Å². The molecule has 0 aliphatic rings. The van der Waals surface area contributed by atoms with Crippen molar-refractivity contribution in [2.45, 2.75) is 20.8 Å². The van der Waals surface area contributed by atoms with Crippen LogP contribution >= 0.6 is 0 Å². The maximum atomic E-state index is 5.12. The van der Waals surface area contributed by atoms with Gasteiger partial charge in [0.05, 0.1) is 0 Å². The van der Waals surface area contributed by atoms with Crippen LogP contribution in [0, 0.1) is 24.2 Å². The molecule has 0 radical (unpaired) electrons. The Hall–Kier alpha value is -0.440. The Kier molecular flexibility index (Phi) is 2.52. The highest BCUT2D eigenvalue weighted by atomic mass is 14.0. The zero-order valence-corrected chi connectivity index (χ0v) is 5.23. The third-order valence-electron chi connectivity index (χ3n) is 1.26. The van der Waals surface area contributed by atoms with Crippen LogP contribution in [0.3, 0.4) is 0 Å². The number of rotatable bonds is 1. The van der Waals surface area contributed by atoms with Crippen molar-refractivity contribution in [2.75, 3.05) is 0 Å². The summed E-state index contributed by atoms with van der Waals surface area (Å²) in [6.07, 6.45) is 5.12. The van der Waals surface area contributed by atoms with E-state index in [1.165, 1.54) is 0 Å². The number of terminal acetylenes is 1. The molecule has 0 heteroatoms. The van der Waals surface area contributed by atoms with Crippen LogP contribution in [-0.4, -0.2) is 0 Å². The molecule has 0 rings (SSSR count). The molecule has 0 aromatic carbocycles. The summed E-state index contributed by atoms with van der Waals surface area (Å²) in [5.74, 6) is 3.72. The summed E-state index contributed by atoms with van der Waals surface area (Å²) < 4.78 is 0. The van der Waals surface area contributed by atoms with Gasteiger partial charge in [0.2, 0.25) is 0 Å². The lowest BCUT2D eigenvalue weighted by Crippen LogP contribution is -1.98. The van der Waals surface area contributed by atoms with Crippen LogP contribution in [0.5, 0.6) is 0 Å². The Morgan fingerprint density at radius 3 is 1.71 bits per heavy atom. The van der Waals surface area contributed by atoms with Crippen LogP contribution in [0.2, 0.25) is 0 Å². The highest BCUT2D eigenvalue weighted by Gasteiger charge is 1.99. The summed E-state index contributed by atoms with van der Waals surface area (Å²) in [6.45, 7) is 6.32. The predicted octanol–water partition coefficient (Wildman–Crippen LogP) is 1.91. The second-order valence-electron chi connectivity index (χ2n) is 2.20. The van der Waals surface area contributed by atoms with E-state index in [0.717, 1.165) is 0 Å². The molecule has 0 bridgehead atoms. The molecule has 0 heterocycles. The second kappa shape index (κ2) is 2.69. The largest absolute Gasteiger partial charge is 0.120 e. The van der Waals surface area contributed by atoms with Crippen LogP contribution in [-0.2, 0) is 0 Å². The first-order valence-electron chi connectivity index (χ1n) is 2.64. The van der Waals surface area contributed by atoms with Gasteiger partial charge in [0.15, 0.2) is 0 Å². The van der Waals surface area contributed by atoms with Gasteiger partial charge in [-0.3, -0.25) is 0 Å². The molecule has 40 valence electrons. The molecule has 0 saturated carbocycles. The van der Waals surface area contributed by atoms with E-state index >= 15 is 0 Å². The van der Waals surface area contributed by atoms with Crippen molar-refractivity contribution in [1.82, 2.24) is 0 Å². The first kappa shape index (κ1) is 6.56. The Bertz CT molecular complexity index is 74.5. The normalized spacial score (nSPS) is 13.6. The lowest BCUT2D eigenvalue weighted by molar-refractivity contribution is 0.520. The van der Waals surface area contributed by atoms with Crippen molar-refractivity contribution in [3.05, 3.63) is 0 Å². The van der Waals surface area contributed by atoms with E-state index in [-0.39, 0.29) is 0 Å². The van der Waals surface area contributed by atoms with Gasteiger partial charge in [-0.15, -0.1) is 12.3 Å². The lowest BCUT2D eigenvalue weighted by atomic mass is 10.00. The van der Waals surface area contributed by atoms with Crippen LogP contribution in [0.1, 0.15) is 20.8 Å².